The van der Waals surface area contributed by atoms with E-state index in [0.717, 1.165) is 12.2 Å². The second-order valence-electron chi connectivity index (χ2n) is 4.49. The fraction of sp³-hybridized carbons (Fsp3) is 0.500. The summed E-state index contributed by atoms with van der Waals surface area (Å²) in [5, 5.41) is 0. The number of aryl methyl sites for hydroxylation is 1. The number of rotatable bonds is 1. The molecule has 2 nitrogen and oxygen atoms in total. The van der Waals surface area contributed by atoms with E-state index in [0.29, 0.717) is 11.5 Å². The van der Waals surface area contributed by atoms with Gasteiger partial charge >= 0.3 is 0 Å². The van der Waals surface area contributed by atoms with Gasteiger partial charge in [-0.3, -0.25) is 0 Å². The van der Waals surface area contributed by atoms with Crippen LogP contribution in [-0.4, -0.2) is 13.2 Å². The largest absolute Gasteiger partial charge is 0.497 e. The van der Waals surface area contributed by atoms with Crippen LogP contribution in [0, 0.1) is 0 Å². The van der Waals surface area contributed by atoms with Crippen molar-refractivity contribution in [1.82, 2.24) is 0 Å². The summed E-state index contributed by atoms with van der Waals surface area (Å²) < 4.78 is 5.25. The molecule has 14 heavy (non-hydrogen) atoms. The van der Waals surface area contributed by atoms with Gasteiger partial charge in [0.1, 0.15) is 5.75 Å². The second-order valence-corrected chi connectivity index (χ2v) is 4.49. The molecular weight excluding hydrogens is 174 g/mol. The molecule has 0 aliphatic heterocycles. The van der Waals surface area contributed by atoms with Crippen LogP contribution >= 0.6 is 0 Å². The van der Waals surface area contributed by atoms with Crippen molar-refractivity contribution in [2.45, 2.75) is 30.7 Å². The Balaban J connectivity index is 2.09. The summed E-state index contributed by atoms with van der Waals surface area (Å²) in [7, 11) is 1.72. The molecule has 1 aromatic carbocycles. The van der Waals surface area contributed by atoms with Crippen molar-refractivity contribution in [3.8, 4) is 5.75 Å². The lowest BCUT2D eigenvalue weighted by Crippen LogP contribution is -2.15. The Labute approximate surface area is 84.1 Å². The van der Waals surface area contributed by atoms with Gasteiger partial charge in [-0.15, -0.1) is 0 Å². The third kappa shape index (κ3) is 0.894. The van der Waals surface area contributed by atoms with Crippen molar-refractivity contribution >= 4 is 0 Å². The Bertz CT molecular complexity index is 388. The van der Waals surface area contributed by atoms with E-state index in [4.69, 9.17) is 10.5 Å². The third-order valence-corrected chi connectivity index (χ3v) is 3.83. The molecule has 1 aromatic rings. The van der Waals surface area contributed by atoms with Crippen molar-refractivity contribution in [2.24, 2.45) is 5.73 Å². The first-order chi connectivity index (χ1) is 6.76. The van der Waals surface area contributed by atoms with E-state index in [9.17, 15) is 0 Å². The van der Waals surface area contributed by atoms with Crippen molar-refractivity contribution < 1.29 is 4.74 Å². The summed E-state index contributed by atoms with van der Waals surface area (Å²) in [6.45, 7) is 0. The summed E-state index contributed by atoms with van der Waals surface area (Å²) in [5.41, 5.74) is 9.27. The quantitative estimate of drug-likeness (QED) is 0.728. The molecule has 2 atom stereocenters. The monoisotopic (exact) mass is 189 g/mol. The zero-order valence-corrected chi connectivity index (χ0v) is 8.42. The Kier molecular flexibility index (Phi) is 1.49. The highest BCUT2D eigenvalue weighted by Gasteiger charge is 2.56. The van der Waals surface area contributed by atoms with Crippen LogP contribution in [0.15, 0.2) is 18.2 Å². The van der Waals surface area contributed by atoms with Crippen molar-refractivity contribution in [3.05, 3.63) is 29.3 Å². The van der Waals surface area contributed by atoms with Gasteiger partial charge in [0.15, 0.2) is 0 Å². The van der Waals surface area contributed by atoms with Gasteiger partial charge < -0.3 is 10.5 Å². The van der Waals surface area contributed by atoms with Crippen LogP contribution in [0.2, 0.25) is 0 Å². The van der Waals surface area contributed by atoms with E-state index < -0.39 is 0 Å². The van der Waals surface area contributed by atoms with Crippen LogP contribution < -0.4 is 10.5 Å². The zero-order valence-electron chi connectivity index (χ0n) is 8.42. The molecule has 2 aliphatic carbocycles. The van der Waals surface area contributed by atoms with E-state index in [2.05, 4.69) is 12.1 Å². The van der Waals surface area contributed by atoms with Crippen LogP contribution in [0.5, 0.6) is 5.75 Å². The van der Waals surface area contributed by atoms with Crippen LogP contribution in [0.4, 0.5) is 0 Å². The van der Waals surface area contributed by atoms with E-state index >= 15 is 0 Å². The maximum absolute atomic E-state index is 6.03. The molecule has 0 bridgehead atoms. The molecule has 0 radical (unpaired) electrons. The molecule has 1 spiro atoms. The number of methoxy groups -OCH3 is 1. The minimum atomic E-state index is 0.323. The smallest absolute Gasteiger partial charge is 0.119 e. The molecule has 2 unspecified atom stereocenters. The third-order valence-electron chi connectivity index (χ3n) is 3.83. The Morgan fingerprint density at radius 3 is 2.93 bits per heavy atom. The first-order valence-corrected chi connectivity index (χ1v) is 5.19. The first kappa shape index (κ1) is 8.30. The van der Waals surface area contributed by atoms with E-state index in [1.165, 1.54) is 24.0 Å². The maximum atomic E-state index is 6.03. The van der Waals surface area contributed by atoms with Crippen molar-refractivity contribution in [1.29, 1.82) is 0 Å². The molecule has 2 aliphatic rings. The maximum Gasteiger partial charge on any atom is 0.119 e. The summed E-state index contributed by atoms with van der Waals surface area (Å²) in [6.07, 6.45) is 3.58. The highest BCUT2D eigenvalue weighted by Crippen LogP contribution is 2.56. The minimum absolute atomic E-state index is 0.323. The normalized spacial score (nSPS) is 33.1. The van der Waals surface area contributed by atoms with E-state index in [1.807, 2.05) is 6.07 Å². The number of hydrogen-bond acceptors (Lipinski definition) is 2. The van der Waals surface area contributed by atoms with E-state index in [-0.39, 0.29) is 0 Å². The lowest BCUT2D eigenvalue weighted by atomic mass is 9.97. The number of ether oxygens (including phenoxy) is 1. The lowest BCUT2D eigenvalue weighted by molar-refractivity contribution is 0.413. The molecule has 74 valence electrons. The van der Waals surface area contributed by atoms with Crippen molar-refractivity contribution in [2.75, 3.05) is 7.11 Å². The Morgan fingerprint density at radius 1 is 1.50 bits per heavy atom. The van der Waals surface area contributed by atoms with Crippen LogP contribution in [-0.2, 0) is 11.8 Å². The van der Waals surface area contributed by atoms with Gasteiger partial charge in [-0.2, -0.15) is 0 Å². The van der Waals surface area contributed by atoms with Crippen molar-refractivity contribution in [3.63, 3.8) is 0 Å². The molecular formula is C12H15NO. The van der Waals surface area contributed by atoms with Gasteiger partial charge in [-0.05, 0) is 42.5 Å². The molecule has 0 heterocycles. The predicted octanol–water partition coefficient (Wildman–Crippen LogP) is 1.61. The number of hydrogen-bond donors (Lipinski definition) is 1. The average molecular weight is 189 g/mol. The summed E-state index contributed by atoms with van der Waals surface area (Å²) in [6, 6.07) is 6.80. The highest BCUT2D eigenvalue weighted by molar-refractivity contribution is 5.49. The predicted molar refractivity (Wildman–Crippen MR) is 55.6 cm³/mol. The number of benzene rings is 1. The fourth-order valence-electron chi connectivity index (χ4n) is 2.79. The second kappa shape index (κ2) is 2.51. The highest BCUT2D eigenvalue weighted by atomic mass is 16.5. The topological polar surface area (TPSA) is 35.2 Å². The zero-order chi connectivity index (χ0) is 9.76. The average Bonchev–Trinajstić information content (AvgIpc) is 2.71. The molecule has 0 aromatic heterocycles. The van der Waals surface area contributed by atoms with Gasteiger partial charge in [-0.1, -0.05) is 6.07 Å². The van der Waals surface area contributed by atoms with Gasteiger partial charge in [0.2, 0.25) is 0 Å². The van der Waals surface area contributed by atoms with Gasteiger partial charge in [0, 0.05) is 11.5 Å². The molecule has 3 rings (SSSR count). The molecule has 0 saturated heterocycles. The molecule has 1 saturated carbocycles. The molecule has 1 fully saturated rings. The first-order valence-electron chi connectivity index (χ1n) is 5.19. The van der Waals surface area contributed by atoms with Gasteiger partial charge in [0.05, 0.1) is 7.11 Å². The summed E-state index contributed by atoms with van der Waals surface area (Å²) in [4.78, 5) is 0. The summed E-state index contributed by atoms with van der Waals surface area (Å²) in [5.74, 6) is 0.962. The van der Waals surface area contributed by atoms with Crippen LogP contribution in [0.3, 0.4) is 0 Å². The summed E-state index contributed by atoms with van der Waals surface area (Å²) >= 11 is 0. The van der Waals surface area contributed by atoms with E-state index in [1.54, 1.807) is 7.11 Å². The molecule has 0 amide bonds. The van der Waals surface area contributed by atoms with Crippen LogP contribution in [0.1, 0.15) is 24.0 Å². The lowest BCUT2D eigenvalue weighted by Gasteiger charge is -2.10. The SMILES string of the molecule is COc1ccc2c(c1)C1(CC2)CC1N. The Morgan fingerprint density at radius 2 is 2.29 bits per heavy atom. The molecule has 2 N–H and O–H groups in total. The molecule has 2 heteroatoms. The number of fused-ring (bicyclic) bond motifs is 2. The Hall–Kier alpha value is -1.02. The minimum Gasteiger partial charge on any atom is -0.497 e. The van der Waals surface area contributed by atoms with Gasteiger partial charge in [-0.25, -0.2) is 0 Å². The standard InChI is InChI=1S/C12H15NO/c1-14-9-3-2-8-4-5-12(7-11(12)13)10(8)6-9/h2-3,6,11H,4-5,7,13H2,1H3. The van der Waals surface area contributed by atoms with Crippen LogP contribution in [0.25, 0.3) is 0 Å². The fourth-order valence-corrected chi connectivity index (χ4v) is 2.79. The van der Waals surface area contributed by atoms with Gasteiger partial charge in [0.25, 0.3) is 0 Å². The number of nitrogens with two attached hydrogens (primary N) is 1.